The monoisotopic (exact) mass is 173 g/mol. The van der Waals surface area contributed by atoms with Gasteiger partial charge in [-0.05, 0) is 12.5 Å². The van der Waals surface area contributed by atoms with Gasteiger partial charge in [0, 0.05) is 12.6 Å². The Morgan fingerprint density at radius 1 is 1.38 bits per heavy atom. The fourth-order valence-electron chi connectivity index (χ4n) is 1.96. The van der Waals surface area contributed by atoms with Gasteiger partial charge in [-0.2, -0.15) is 0 Å². The summed E-state index contributed by atoms with van der Waals surface area (Å²) in [6, 6.07) is 12.0. The molecule has 3 atom stereocenters. The lowest BCUT2D eigenvalue weighted by Crippen LogP contribution is -1.98. The van der Waals surface area contributed by atoms with E-state index in [9.17, 15) is 0 Å². The molecule has 1 aromatic rings. The van der Waals surface area contributed by atoms with Gasteiger partial charge in [0.2, 0.25) is 0 Å². The predicted molar refractivity (Wildman–Crippen MR) is 55.5 cm³/mol. The van der Waals surface area contributed by atoms with Gasteiger partial charge in [0.25, 0.3) is 0 Å². The minimum atomic E-state index is 0.624. The van der Waals surface area contributed by atoms with Crippen LogP contribution < -0.4 is 0 Å². The average Bonchev–Trinajstić information content (AvgIpc) is 2.79. The Bertz CT molecular complexity index is 291. The first-order chi connectivity index (χ1) is 6.34. The van der Waals surface area contributed by atoms with Crippen LogP contribution in [0, 0.1) is 0 Å². The summed E-state index contributed by atoms with van der Waals surface area (Å²) in [6.45, 7) is 7.03. The molecule has 1 aliphatic rings. The van der Waals surface area contributed by atoms with Crippen LogP contribution >= 0.6 is 0 Å². The lowest BCUT2D eigenvalue weighted by atomic mass is 10.1. The summed E-state index contributed by atoms with van der Waals surface area (Å²) in [5.74, 6) is 0. The summed E-state index contributed by atoms with van der Waals surface area (Å²) in [5.41, 5.74) is 1.43. The smallest absolute Gasteiger partial charge is 0.0508 e. The summed E-state index contributed by atoms with van der Waals surface area (Å²) in [5, 5.41) is 0. The third kappa shape index (κ3) is 1.52. The van der Waals surface area contributed by atoms with Crippen LogP contribution in [0.1, 0.15) is 18.5 Å². The molecule has 1 heterocycles. The molecule has 0 spiro atoms. The molecule has 1 heteroatoms. The van der Waals surface area contributed by atoms with Crippen molar-refractivity contribution < 1.29 is 0 Å². The summed E-state index contributed by atoms with van der Waals surface area (Å²) < 4.78 is 0. The largest absolute Gasteiger partial charge is 0.287 e. The van der Waals surface area contributed by atoms with Gasteiger partial charge in [0.05, 0.1) is 6.04 Å². The maximum Gasteiger partial charge on any atom is 0.0508 e. The van der Waals surface area contributed by atoms with Crippen LogP contribution in [0.4, 0.5) is 0 Å². The van der Waals surface area contributed by atoms with E-state index in [0.717, 1.165) is 6.54 Å². The quantitative estimate of drug-likeness (QED) is 0.501. The first-order valence-corrected chi connectivity index (χ1v) is 4.76. The molecule has 1 fully saturated rings. The highest BCUT2D eigenvalue weighted by Crippen LogP contribution is 2.41. The molecule has 0 saturated carbocycles. The molecule has 1 saturated heterocycles. The van der Waals surface area contributed by atoms with E-state index in [1.165, 1.54) is 5.56 Å². The Balaban J connectivity index is 2.09. The molecule has 0 bridgehead atoms. The summed E-state index contributed by atoms with van der Waals surface area (Å²) in [6.07, 6.45) is 1.97. The van der Waals surface area contributed by atoms with Crippen molar-refractivity contribution in [1.82, 2.24) is 4.90 Å². The fraction of sp³-hybridized carbons (Fsp3) is 0.333. The number of hydrogen-bond acceptors (Lipinski definition) is 1. The van der Waals surface area contributed by atoms with E-state index in [-0.39, 0.29) is 0 Å². The molecule has 0 N–H and O–H groups in total. The van der Waals surface area contributed by atoms with Crippen LogP contribution in [0.3, 0.4) is 0 Å². The highest BCUT2D eigenvalue weighted by Gasteiger charge is 2.43. The summed E-state index contributed by atoms with van der Waals surface area (Å²) >= 11 is 0. The minimum Gasteiger partial charge on any atom is -0.287 e. The fourth-order valence-corrected chi connectivity index (χ4v) is 1.96. The van der Waals surface area contributed by atoms with Crippen molar-refractivity contribution in [2.24, 2.45) is 0 Å². The Morgan fingerprint density at radius 3 is 2.69 bits per heavy atom. The van der Waals surface area contributed by atoms with Crippen molar-refractivity contribution in [3.8, 4) is 0 Å². The second kappa shape index (κ2) is 3.35. The molecular formula is C12H15N. The van der Waals surface area contributed by atoms with Gasteiger partial charge >= 0.3 is 0 Å². The molecule has 68 valence electrons. The highest BCUT2D eigenvalue weighted by molar-refractivity contribution is 5.26. The molecule has 2 rings (SSSR count). The zero-order chi connectivity index (χ0) is 9.26. The maximum atomic E-state index is 3.76. The normalized spacial score (nSPS) is 31.3. The van der Waals surface area contributed by atoms with E-state index < -0.39 is 0 Å². The van der Waals surface area contributed by atoms with E-state index in [4.69, 9.17) is 0 Å². The van der Waals surface area contributed by atoms with Gasteiger partial charge in [-0.3, -0.25) is 4.90 Å². The van der Waals surface area contributed by atoms with Crippen LogP contribution in [0.15, 0.2) is 43.0 Å². The molecule has 1 aliphatic heterocycles. The molecular weight excluding hydrogens is 158 g/mol. The maximum absolute atomic E-state index is 3.76. The van der Waals surface area contributed by atoms with Crippen molar-refractivity contribution in [2.45, 2.75) is 19.0 Å². The van der Waals surface area contributed by atoms with E-state index in [2.05, 4.69) is 48.7 Å². The summed E-state index contributed by atoms with van der Waals surface area (Å²) in [4.78, 5) is 2.43. The number of nitrogens with zero attached hydrogens (tertiary/aromatic N) is 1. The molecule has 1 nitrogen and oxygen atoms in total. The Morgan fingerprint density at radius 2 is 2.08 bits per heavy atom. The Hall–Kier alpha value is -1.08. The molecule has 0 aromatic heterocycles. The first-order valence-electron chi connectivity index (χ1n) is 4.76. The molecule has 0 radical (unpaired) electrons. The number of hydrogen-bond donors (Lipinski definition) is 0. The van der Waals surface area contributed by atoms with Gasteiger partial charge in [0.15, 0.2) is 0 Å². The van der Waals surface area contributed by atoms with E-state index in [1.807, 2.05) is 6.08 Å². The highest BCUT2D eigenvalue weighted by atomic mass is 15.3. The molecule has 0 aliphatic carbocycles. The number of benzene rings is 1. The van der Waals surface area contributed by atoms with Crippen molar-refractivity contribution in [3.05, 3.63) is 48.6 Å². The standard InChI is InChI=1S/C12H15N/c1-3-9-13-10(2)12(13)11-7-5-4-6-8-11/h3-8,10,12H,1,9H2,2H3/t10-,12-,13?/m0/s1. The zero-order valence-electron chi connectivity index (χ0n) is 7.98. The first kappa shape index (κ1) is 8.52. The molecule has 0 amide bonds. The van der Waals surface area contributed by atoms with E-state index >= 15 is 0 Å². The van der Waals surface area contributed by atoms with Crippen LogP contribution in [-0.4, -0.2) is 17.5 Å². The third-order valence-electron chi connectivity index (χ3n) is 2.73. The molecule has 1 unspecified atom stereocenters. The van der Waals surface area contributed by atoms with Gasteiger partial charge in [-0.15, -0.1) is 6.58 Å². The van der Waals surface area contributed by atoms with Crippen molar-refractivity contribution >= 4 is 0 Å². The van der Waals surface area contributed by atoms with Crippen molar-refractivity contribution in [3.63, 3.8) is 0 Å². The van der Waals surface area contributed by atoms with Crippen LogP contribution in [0.2, 0.25) is 0 Å². The van der Waals surface area contributed by atoms with Crippen LogP contribution in [0.5, 0.6) is 0 Å². The van der Waals surface area contributed by atoms with Gasteiger partial charge in [0.1, 0.15) is 0 Å². The second-order valence-electron chi connectivity index (χ2n) is 3.58. The lowest BCUT2D eigenvalue weighted by molar-refractivity contribution is 0.545. The Kier molecular flexibility index (Phi) is 2.19. The number of rotatable bonds is 3. The third-order valence-corrected chi connectivity index (χ3v) is 2.73. The van der Waals surface area contributed by atoms with E-state index in [0.29, 0.717) is 12.1 Å². The molecule has 13 heavy (non-hydrogen) atoms. The topological polar surface area (TPSA) is 3.01 Å². The minimum absolute atomic E-state index is 0.624. The van der Waals surface area contributed by atoms with Crippen LogP contribution in [-0.2, 0) is 0 Å². The SMILES string of the molecule is C=CCN1[C@H](c2ccccc2)[C@@H]1C. The van der Waals surface area contributed by atoms with E-state index in [1.54, 1.807) is 0 Å². The Labute approximate surface area is 79.7 Å². The van der Waals surface area contributed by atoms with Gasteiger partial charge < -0.3 is 0 Å². The van der Waals surface area contributed by atoms with Gasteiger partial charge in [-0.1, -0.05) is 36.4 Å². The predicted octanol–water partition coefficient (Wildman–Crippen LogP) is 2.62. The zero-order valence-corrected chi connectivity index (χ0v) is 7.98. The van der Waals surface area contributed by atoms with Crippen molar-refractivity contribution in [2.75, 3.05) is 6.54 Å². The second-order valence-corrected chi connectivity index (χ2v) is 3.58. The molecule has 1 aromatic carbocycles. The summed E-state index contributed by atoms with van der Waals surface area (Å²) in [7, 11) is 0. The van der Waals surface area contributed by atoms with Crippen LogP contribution in [0.25, 0.3) is 0 Å². The lowest BCUT2D eigenvalue weighted by Gasteiger charge is -1.98. The average molecular weight is 173 g/mol. The van der Waals surface area contributed by atoms with Crippen molar-refractivity contribution in [1.29, 1.82) is 0 Å². The van der Waals surface area contributed by atoms with Gasteiger partial charge in [-0.25, -0.2) is 0 Å².